The SMILES string of the molecule is O=C(Cc1c[nH]c2ccc(O)cc12)NC(CCc1c[nH]c2ccc(O)cc12)C(=O)Nc1ccccc1. The maximum absolute atomic E-state index is 13.2. The second-order valence-corrected chi connectivity index (χ2v) is 8.78. The maximum atomic E-state index is 13.2. The van der Waals surface area contributed by atoms with Crippen molar-refractivity contribution < 1.29 is 19.8 Å². The molecule has 6 N–H and O–H groups in total. The van der Waals surface area contributed by atoms with E-state index >= 15 is 0 Å². The molecular weight excluding hydrogens is 456 g/mol. The van der Waals surface area contributed by atoms with Gasteiger partial charge in [-0.15, -0.1) is 0 Å². The van der Waals surface area contributed by atoms with E-state index in [1.54, 1.807) is 54.7 Å². The summed E-state index contributed by atoms with van der Waals surface area (Å²) in [5.41, 5.74) is 4.02. The summed E-state index contributed by atoms with van der Waals surface area (Å²) >= 11 is 0. The molecule has 0 aliphatic rings. The average molecular weight is 483 g/mol. The van der Waals surface area contributed by atoms with Gasteiger partial charge in [0.1, 0.15) is 17.5 Å². The normalized spacial score (nSPS) is 12.0. The third kappa shape index (κ3) is 5.02. The molecule has 2 heterocycles. The van der Waals surface area contributed by atoms with Crippen molar-refractivity contribution in [3.8, 4) is 11.5 Å². The number of aryl methyl sites for hydroxylation is 1. The van der Waals surface area contributed by atoms with Crippen LogP contribution >= 0.6 is 0 Å². The summed E-state index contributed by atoms with van der Waals surface area (Å²) in [7, 11) is 0. The molecule has 0 bridgehead atoms. The predicted molar refractivity (Wildman–Crippen MR) is 139 cm³/mol. The first kappa shape index (κ1) is 23.0. The highest BCUT2D eigenvalue weighted by molar-refractivity contribution is 5.98. The molecule has 2 aromatic heterocycles. The van der Waals surface area contributed by atoms with Crippen LogP contribution in [0.4, 0.5) is 5.69 Å². The number of anilines is 1. The van der Waals surface area contributed by atoms with Gasteiger partial charge in [-0.25, -0.2) is 0 Å². The summed E-state index contributed by atoms with van der Waals surface area (Å²) in [6.45, 7) is 0. The van der Waals surface area contributed by atoms with E-state index in [0.29, 0.717) is 18.5 Å². The molecule has 0 radical (unpaired) electrons. The highest BCUT2D eigenvalue weighted by Gasteiger charge is 2.22. The molecule has 8 nitrogen and oxygen atoms in total. The molecule has 0 spiro atoms. The maximum Gasteiger partial charge on any atom is 0.246 e. The van der Waals surface area contributed by atoms with Gasteiger partial charge in [0, 0.05) is 39.9 Å². The van der Waals surface area contributed by atoms with Gasteiger partial charge in [-0.1, -0.05) is 18.2 Å². The van der Waals surface area contributed by atoms with Crippen LogP contribution in [0.25, 0.3) is 21.8 Å². The number of nitrogens with one attached hydrogen (secondary N) is 4. The van der Waals surface area contributed by atoms with Gasteiger partial charge in [0.05, 0.1) is 6.42 Å². The van der Waals surface area contributed by atoms with Gasteiger partial charge >= 0.3 is 0 Å². The van der Waals surface area contributed by atoms with Crippen molar-refractivity contribution >= 4 is 39.3 Å². The van der Waals surface area contributed by atoms with Crippen LogP contribution < -0.4 is 10.6 Å². The minimum absolute atomic E-state index is 0.0551. The third-order valence-corrected chi connectivity index (χ3v) is 6.25. The molecule has 1 atom stereocenters. The topological polar surface area (TPSA) is 130 Å². The van der Waals surface area contributed by atoms with Gasteiger partial charge in [-0.05, 0) is 72.5 Å². The number of H-pyrrole nitrogens is 2. The standard InChI is InChI=1S/C28H26N4O4/c33-20-7-10-24-22(13-20)17(15-29-24)6-9-26(28(36)31-19-4-2-1-3-5-19)32-27(35)12-18-16-30-25-11-8-21(34)14-23(18)25/h1-5,7-8,10-11,13-16,26,29-30,33-34H,6,9,12H2,(H,31,36)(H,32,35). The lowest BCUT2D eigenvalue weighted by Gasteiger charge is -2.18. The Morgan fingerprint density at radius 1 is 0.806 bits per heavy atom. The molecule has 0 fully saturated rings. The van der Waals surface area contributed by atoms with Crippen molar-refractivity contribution in [1.82, 2.24) is 15.3 Å². The Labute approximate surface area is 207 Å². The largest absolute Gasteiger partial charge is 0.508 e. The van der Waals surface area contributed by atoms with Crippen LogP contribution in [0.1, 0.15) is 17.5 Å². The number of aromatic hydroxyl groups is 2. The molecule has 0 saturated heterocycles. The first-order valence-corrected chi connectivity index (χ1v) is 11.7. The summed E-state index contributed by atoms with van der Waals surface area (Å²) in [6, 6.07) is 18.4. The number of carbonyl (C=O) groups is 2. The average Bonchev–Trinajstić information content (AvgIpc) is 3.45. The van der Waals surface area contributed by atoms with E-state index in [1.165, 1.54) is 0 Å². The van der Waals surface area contributed by atoms with Gasteiger partial charge in [-0.3, -0.25) is 9.59 Å². The van der Waals surface area contributed by atoms with Gasteiger partial charge in [0.2, 0.25) is 11.8 Å². The zero-order valence-corrected chi connectivity index (χ0v) is 19.4. The first-order chi connectivity index (χ1) is 17.5. The summed E-state index contributed by atoms with van der Waals surface area (Å²) in [5.74, 6) is -0.328. The Balaban J connectivity index is 1.33. The molecule has 1 unspecified atom stereocenters. The number of amides is 2. The Kier molecular flexibility index (Phi) is 6.32. The van der Waals surface area contributed by atoms with Gasteiger partial charge in [-0.2, -0.15) is 0 Å². The van der Waals surface area contributed by atoms with E-state index in [0.717, 1.165) is 32.9 Å². The van der Waals surface area contributed by atoms with Crippen LogP contribution in [0.3, 0.4) is 0 Å². The van der Waals surface area contributed by atoms with Crippen molar-refractivity contribution in [1.29, 1.82) is 0 Å². The molecule has 3 aromatic carbocycles. The molecule has 0 saturated carbocycles. The van der Waals surface area contributed by atoms with Crippen molar-refractivity contribution in [3.05, 3.63) is 90.3 Å². The Morgan fingerprint density at radius 2 is 1.42 bits per heavy atom. The van der Waals surface area contributed by atoms with Crippen LogP contribution in [0.5, 0.6) is 11.5 Å². The fourth-order valence-corrected chi connectivity index (χ4v) is 4.42. The van der Waals surface area contributed by atoms with E-state index in [4.69, 9.17) is 0 Å². The minimum Gasteiger partial charge on any atom is -0.508 e. The van der Waals surface area contributed by atoms with Crippen LogP contribution in [0.15, 0.2) is 79.1 Å². The van der Waals surface area contributed by atoms with Crippen molar-refractivity contribution in [2.24, 2.45) is 0 Å². The monoisotopic (exact) mass is 482 g/mol. The summed E-state index contributed by atoms with van der Waals surface area (Å²) in [4.78, 5) is 32.5. The number of rotatable bonds is 8. The number of phenols is 2. The number of fused-ring (bicyclic) bond motifs is 2. The molecule has 0 aliphatic heterocycles. The van der Waals surface area contributed by atoms with Gasteiger partial charge in [0.15, 0.2) is 0 Å². The molecule has 8 heteroatoms. The van der Waals surface area contributed by atoms with E-state index in [-0.39, 0.29) is 29.7 Å². The highest BCUT2D eigenvalue weighted by Crippen LogP contribution is 2.25. The zero-order chi connectivity index (χ0) is 25.1. The summed E-state index contributed by atoms with van der Waals surface area (Å²) < 4.78 is 0. The minimum atomic E-state index is -0.779. The Bertz CT molecular complexity index is 1540. The number of benzene rings is 3. The zero-order valence-electron chi connectivity index (χ0n) is 19.4. The second-order valence-electron chi connectivity index (χ2n) is 8.78. The highest BCUT2D eigenvalue weighted by atomic mass is 16.3. The molecule has 2 amide bonds. The lowest BCUT2D eigenvalue weighted by molar-refractivity contribution is -0.126. The van der Waals surface area contributed by atoms with Gasteiger partial charge in [0.25, 0.3) is 0 Å². The fraction of sp³-hybridized carbons (Fsp3) is 0.143. The molecule has 5 rings (SSSR count). The van der Waals surface area contributed by atoms with Crippen molar-refractivity contribution in [2.75, 3.05) is 5.32 Å². The number of carbonyl (C=O) groups excluding carboxylic acids is 2. The molecule has 0 aliphatic carbocycles. The summed E-state index contributed by atoms with van der Waals surface area (Å²) in [5, 5.41) is 27.1. The molecular formula is C28H26N4O4. The first-order valence-electron chi connectivity index (χ1n) is 11.7. The molecule has 182 valence electrons. The quantitative estimate of drug-likeness (QED) is 0.196. The van der Waals surface area contributed by atoms with Crippen LogP contribution in [0.2, 0.25) is 0 Å². The molecule has 5 aromatic rings. The number of hydrogen-bond acceptors (Lipinski definition) is 4. The van der Waals surface area contributed by atoms with Crippen LogP contribution in [0, 0.1) is 0 Å². The van der Waals surface area contributed by atoms with Crippen LogP contribution in [-0.4, -0.2) is 38.0 Å². The lowest BCUT2D eigenvalue weighted by Crippen LogP contribution is -2.44. The van der Waals surface area contributed by atoms with Crippen molar-refractivity contribution in [3.63, 3.8) is 0 Å². The predicted octanol–water partition coefficient (Wildman–Crippen LogP) is 4.36. The number of phenolic OH excluding ortho intramolecular Hbond substituents is 2. The number of aromatic nitrogens is 2. The van der Waals surface area contributed by atoms with Crippen molar-refractivity contribution in [2.45, 2.75) is 25.3 Å². The fourth-order valence-electron chi connectivity index (χ4n) is 4.42. The smallest absolute Gasteiger partial charge is 0.246 e. The Hall–Kier alpha value is -4.72. The third-order valence-electron chi connectivity index (χ3n) is 6.25. The van der Waals surface area contributed by atoms with Gasteiger partial charge < -0.3 is 30.8 Å². The van der Waals surface area contributed by atoms with Crippen LogP contribution in [-0.2, 0) is 22.4 Å². The molecule has 36 heavy (non-hydrogen) atoms. The van der Waals surface area contributed by atoms with E-state index in [9.17, 15) is 19.8 Å². The lowest BCUT2D eigenvalue weighted by atomic mass is 10.0. The Morgan fingerprint density at radius 3 is 2.08 bits per heavy atom. The summed E-state index contributed by atoms with van der Waals surface area (Å²) in [6.07, 6.45) is 4.52. The van der Waals surface area contributed by atoms with E-state index in [2.05, 4.69) is 20.6 Å². The van der Waals surface area contributed by atoms with E-state index in [1.807, 2.05) is 24.4 Å². The van der Waals surface area contributed by atoms with E-state index < -0.39 is 6.04 Å². The number of hydrogen-bond donors (Lipinski definition) is 6. The number of aromatic amines is 2. The second kappa shape index (κ2) is 9.87. The number of para-hydroxylation sites is 1.